The molecule has 2 heterocycles. The summed E-state index contributed by atoms with van der Waals surface area (Å²) < 4.78 is 16.5. The highest BCUT2D eigenvalue weighted by Gasteiger charge is 2.32. The maximum atomic E-state index is 14.4. The van der Waals surface area contributed by atoms with Crippen LogP contribution < -0.4 is 5.32 Å². The van der Waals surface area contributed by atoms with Crippen LogP contribution >= 0.6 is 0 Å². The fourth-order valence-corrected chi connectivity index (χ4v) is 3.01. The van der Waals surface area contributed by atoms with E-state index in [0.717, 1.165) is 36.6 Å². The van der Waals surface area contributed by atoms with Gasteiger partial charge < -0.3 is 5.32 Å². The molecule has 20 heavy (non-hydrogen) atoms. The summed E-state index contributed by atoms with van der Waals surface area (Å²) in [5, 5.41) is 3.35. The molecule has 0 bridgehead atoms. The molecule has 1 aliphatic heterocycles. The number of nitrogens with one attached hydrogen (secondary N) is 1. The Morgan fingerprint density at radius 1 is 1.35 bits per heavy atom. The van der Waals surface area contributed by atoms with Crippen LogP contribution in [-0.2, 0) is 13.0 Å². The molecule has 0 atom stereocenters. The molecule has 2 aliphatic rings. The number of hydrogen-bond donors (Lipinski definition) is 1. The van der Waals surface area contributed by atoms with E-state index < -0.39 is 0 Å². The van der Waals surface area contributed by atoms with Crippen LogP contribution in [-0.4, -0.2) is 16.1 Å². The molecule has 1 saturated carbocycles. The molecule has 0 amide bonds. The van der Waals surface area contributed by atoms with E-state index in [1.165, 1.54) is 18.5 Å². The second-order valence-electron chi connectivity index (χ2n) is 5.85. The average molecular weight is 271 g/mol. The van der Waals surface area contributed by atoms with Gasteiger partial charge in [-0.05, 0) is 37.5 Å². The third-order valence-electron chi connectivity index (χ3n) is 4.20. The zero-order valence-corrected chi connectivity index (χ0v) is 11.6. The van der Waals surface area contributed by atoms with Crippen LogP contribution in [0, 0.1) is 12.7 Å². The summed E-state index contributed by atoms with van der Waals surface area (Å²) in [6.07, 6.45) is 3.27. The number of fused-ring (bicyclic) bond motifs is 1. The first kappa shape index (κ1) is 12.1. The maximum absolute atomic E-state index is 14.4. The van der Waals surface area contributed by atoms with Crippen LogP contribution in [0.1, 0.15) is 41.5 Å². The van der Waals surface area contributed by atoms with Gasteiger partial charge in [-0.15, -0.1) is 0 Å². The summed E-state index contributed by atoms with van der Waals surface area (Å²) in [4.78, 5) is 4.79. The minimum absolute atomic E-state index is 0.148. The number of aryl methyl sites for hydroxylation is 1. The first-order valence-corrected chi connectivity index (χ1v) is 7.31. The van der Waals surface area contributed by atoms with Crippen molar-refractivity contribution in [2.45, 2.75) is 38.6 Å². The Balaban J connectivity index is 1.93. The number of halogens is 1. The number of aromatic nitrogens is 2. The Morgan fingerprint density at radius 3 is 2.95 bits per heavy atom. The van der Waals surface area contributed by atoms with E-state index in [-0.39, 0.29) is 5.82 Å². The van der Waals surface area contributed by atoms with E-state index in [4.69, 9.17) is 4.98 Å². The lowest BCUT2D eigenvalue weighted by atomic mass is 10.1. The van der Waals surface area contributed by atoms with Crippen LogP contribution in [0.2, 0.25) is 0 Å². The minimum atomic E-state index is -0.148. The topological polar surface area (TPSA) is 29.9 Å². The molecule has 0 radical (unpaired) electrons. The van der Waals surface area contributed by atoms with Crippen molar-refractivity contribution in [3.63, 3.8) is 0 Å². The van der Waals surface area contributed by atoms with Crippen molar-refractivity contribution < 1.29 is 4.39 Å². The highest BCUT2D eigenvalue weighted by Crippen LogP contribution is 2.42. The fraction of sp³-hybridized carbons (Fsp3) is 0.438. The quantitative estimate of drug-likeness (QED) is 0.910. The zero-order chi connectivity index (χ0) is 13.7. The lowest BCUT2D eigenvalue weighted by Crippen LogP contribution is -2.25. The van der Waals surface area contributed by atoms with Crippen molar-refractivity contribution in [1.29, 1.82) is 0 Å². The third kappa shape index (κ3) is 1.86. The van der Waals surface area contributed by atoms with Crippen molar-refractivity contribution in [2.24, 2.45) is 0 Å². The van der Waals surface area contributed by atoms with Gasteiger partial charge in [-0.3, -0.25) is 4.57 Å². The summed E-state index contributed by atoms with van der Waals surface area (Å²) in [5.74, 6) is 1.42. The van der Waals surface area contributed by atoms with E-state index in [2.05, 4.69) is 9.88 Å². The SMILES string of the molecule is Cc1ccc(-n2c(C3CC3)nc3c2CCNC3)c(F)c1. The zero-order valence-electron chi connectivity index (χ0n) is 11.6. The second kappa shape index (κ2) is 4.42. The first-order chi connectivity index (χ1) is 9.74. The molecule has 1 N–H and O–H groups in total. The van der Waals surface area contributed by atoms with Gasteiger partial charge in [-0.2, -0.15) is 0 Å². The van der Waals surface area contributed by atoms with Gasteiger partial charge in [0.15, 0.2) is 0 Å². The molecule has 0 spiro atoms. The molecule has 4 heteroatoms. The molecule has 3 nitrogen and oxygen atoms in total. The molecular formula is C16H18FN3. The van der Waals surface area contributed by atoms with Gasteiger partial charge in [-0.1, -0.05) is 6.07 Å². The van der Waals surface area contributed by atoms with E-state index in [1.54, 1.807) is 6.07 Å². The Labute approximate surface area is 117 Å². The molecule has 0 unspecified atom stereocenters. The number of rotatable bonds is 2. The summed E-state index contributed by atoms with van der Waals surface area (Å²) in [5.41, 5.74) is 3.90. The van der Waals surface area contributed by atoms with Gasteiger partial charge in [0.2, 0.25) is 0 Å². The monoisotopic (exact) mass is 271 g/mol. The first-order valence-electron chi connectivity index (χ1n) is 7.31. The molecule has 1 aromatic heterocycles. The van der Waals surface area contributed by atoms with E-state index in [1.807, 2.05) is 19.1 Å². The van der Waals surface area contributed by atoms with E-state index in [9.17, 15) is 4.39 Å². The largest absolute Gasteiger partial charge is 0.311 e. The number of imidazole rings is 1. The van der Waals surface area contributed by atoms with Crippen molar-refractivity contribution in [3.05, 3.63) is 46.8 Å². The molecular weight excluding hydrogens is 253 g/mol. The maximum Gasteiger partial charge on any atom is 0.147 e. The molecule has 1 fully saturated rings. The number of benzene rings is 1. The highest BCUT2D eigenvalue weighted by atomic mass is 19.1. The van der Waals surface area contributed by atoms with Crippen molar-refractivity contribution in [1.82, 2.24) is 14.9 Å². The minimum Gasteiger partial charge on any atom is -0.311 e. The standard InChI is InChI=1S/C16H18FN3/c1-10-2-5-14(12(17)8-10)20-15-6-7-18-9-13(15)19-16(20)11-3-4-11/h2,5,8,11,18H,3-4,6-7,9H2,1H3. The normalized spacial score (nSPS) is 18.1. The van der Waals surface area contributed by atoms with Gasteiger partial charge in [-0.25, -0.2) is 9.37 Å². The Kier molecular flexibility index (Phi) is 2.67. The van der Waals surface area contributed by atoms with Crippen LogP contribution in [0.5, 0.6) is 0 Å². The predicted molar refractivity (Wildman–Crippen MR) is 75.6 cm³/mol. The average Bonchev–Trinajstić information content (AvgIpc) is 3.21. The highest BCUT2D eigenvalue weighted by molar-refractivity contribution is 5.42. The molecule has 104 valence electrons. The van der Waals surface area contributed by atoms with Gasteiger partial charge >= 0.3 is 0 Å². The number of hydrogen-bond acceptors (Lipinski definition) is 2. The second-order valence-corrected chi connectivity index (χ2v) is 5.85. The van der Waals surface area contributed by atoms with Crippen molar-refractivity contribution >= 4 is 0 Å². The van der Waals surface area contributed by atoms with Crippen LogP contribution in [0.4, 0.5) is 4.39 Å². The van der Waals surface area contributed by atoms with E-state index in [0.29, 0.717) is 11.6 Å². The molecule has 2 aromatic rings. The smallest absolute Gasteiger partial charge is 0.147 e. The Bertz CT molecular complexity index is 671. The van der Waals surface area contributed by atoms with Gasteiger partial charge in [0.25, 0.3) is 0 Å². The summed E-state index contributed by atoms with van der Waals surface area (Å²) in [7, 11) is 0. The molecule has 1 aromatic carbocycles. The summed E-state index contributed by atoms with van der Waals surface area (Å²) in [6, 6.07) is 5.47. The molecule has 1 aliphatic carbocycles. The third-order valence-corrected chi connectivity index (χ3v) is 4.20. The van der Waals surface area contributed by atoms with Gasteiger partial charge in [0.1, 0.15) is 11.6 Å². The van der Waals surface area contributed by atoms with Gasteiger partial charge in [0.05, 0.1) is 11.4 Å². The summed E-state index contributed by atoms with van der Waals surface area (Å²) >= 11 is 0. The fourth-order valence-electron chi connectivity index (χ4n) is 3.01. The Morgan fingerprint density at radius 2 is 2.20 bits per heavy atom. The molecule has 0 saturated heterocycles. The van der Waals surface area contributed by atoms with Crippen LogP contribution in [0.15, 0.2) is 18.2 Å². The van der Waals surface area contributed by atoms with Crippen LogP contribution in [0.25, 0.3) is 5.69 Å². The van der Waals surface area contributed by atoms with Crippen molar-refractivity contribution in [2.75, 3.05) is 6.54 Å². The van der Waals surface area contributed by atoms with Crippen LogP contribution in [0.3, 0.4) is 0 Å². The predicted octanol–water partition coefficient (Wildman–Crippen LogP) is 2.84. The lowest BCUT2D eigenvalue weighted by molar-refractivity contribution is 0.597. The Hall–Kier alpha value is -1.68. The van der Waals surface area contributed by atoms with Gasteiger partial charge in [0, 0.05) is 31.1 Å². The van der Waals surface area contributed by atoms with E-state index >= 15 is 0 Å². The summed E-state index contributed by atoms with van der Waals surface area (Å²) in [6.45, 7) is 3.66. The van der Waals surface area contributed by atoms with Crippen molar-refractivity contribution in [3.8, 4) is 5.69 Å². The molecule has 4 rings (SSSR count). The number of nitrogens with zero attached hydrogens (tertiary/aromatic N) is 2. The lowest BCUT2D eigenvalue weighted by Gasteiger charge is -2.17.